The van der Waals surface area contributed by atoms with Crippen molar-refractivity contribution in [1.82, 2.24) is 10.3 Å². The van der Waals surface area contributed by atoms with Gasteiger partial charge in [0, 0.05) is 24.0 Å². The molecule has 2 N–H and O–H groups in total. The number of nitrogens with one attached hydrogen (secondary N) is 1. The molecule has 0 aliphatic heterocycles. The Labute approximate surface area is 159 Å². The number of hydrogen-bond donors (Lipinski definition) is 2. The quantitative estimate of drug-likeness (QED) is 0.773. The lowest BCUT2D eigenvalue weighted by atomic mass is 9.69. The van der Waals surface area contributed by atoms with Crippen LogP contribution in [0.2, 0.25) is 0 Å². The minimum atomic E-state index is -0.383. The van der Waals surface area contributed by atoms with Crippen LogP contribution >= 0.6 is 0 Å². The molecule has 0 saturated heterocycles. The van der Waals surface area contributed by atoms with E-state index in [1.807, 2.05) is 36.4 Å². The van der Waals surface area contributed by atoms with Crippen LogP contribution in [0.15, 0.2) is 54.9 Å². The maximum atomic E-state index is 12.1. The number of aliphatic hydroxyl groups excluding tert-OH is 1. The van der Waals surface area contributed by atoms with E-state index in [2.05, 4.69) is 10.3 Å². The van der Waals surface area contributed by atoms with Crippen molar-refractivity contribution in [2.45, 2.75) is 38.0 Å². The maximum absolute atomic E-state index is 12.1. The standard InChI is InChI=1S/C22H24N2O3/c25-20(24-21-18-4-1-5-19(18)22(21)26)11-8-15-6-9-17(10-7-15)27-14-16-3-2-12-23-13-16/h2-3,6-13,18-19,21-22,26H,1,4-5,14H2,(H,24,25)/b11-8+/t18-,19+,21-,22+/m1/s1. The number of ether oxygens (including phenoxy) is 1. The number of nitrogens with zero attached hydrogens (tertiary/aromatic N) is 1. The van der Waals surface area contributed by atoms with E-state index in [-0.39, 0.29) is 18.1 Å². The summed E-state index contributed by atoms with van der Waals surface area (Å²) in [4.78, 5) is 16.2. The van der Waals surface area contributed by atoms with Gasteiger partial charge in [-0.25, -0.2) is 0 Å². The first-order valence-electron chi connectivity index (χ1n) is 9.49. The van der Waals surface area contributed by atoms with Crippen LogP contribution in [0, 0.1) is 11.8 Å². The molecule has 0 unspecified atom stereocenters. The Morgan fingerprint density at radius 2 is 2.04 bits per heavy atom. The third-order valence-electron chi connectivity index (χ3n) is 5.64. The molecule has 1 amide bonds. The Bertz CT molecular complexity index is 804. The molecule has 2 aliphatic carbocycles. The molecular weight excluding hydrogens is 340 g/mol. The molecule has 2 saturated carbocycles. The summed E-state index contributed by atoms with van der Waals surface area (Å²) in [6.45, 7) is 0.470. The van der Waals surface area contributed by atoms with Crippen molar-refractivity contribution >= 4 is 12.0 Å². The molecule has 2 fully saturated rings. The third-order valence-corrected chi connectivity index (χ3v) is 5.64. The van der Waals surface area contributed by atoms with Crippen LogP contribution in [-0.4, -0.2) is 28.1 Å². The molecular formula is C22H24N2O3. The molecule has 4 rings (SSSR count). The van der Waals surface area contributed by atoms with E-state index in [1.54, 1.807) is 18.5 Å². The number of amides is 1. The fourth-order valence-corrected chi connectivity index (χ4v) is 4.16. The van der Waals surface area contributed by atoms with Crippen LogP contribution in [0.3, 0.4) is 0 Å². The minimum absolute atomic E-state index is 0.0853. The maximum Gasteiger partial charge on any atom is 0.244 e. The largest absolute Gasteiger partial charge is 0.489 e. The first-order chi connectivity index (χ1) is 13.2. The molecule has 5 nitrogen and oxygen atoms in total. The van der Waals surface area contributed by atoms with Gasteiger partial charge < -0.3 is 15.2 Å². The fourth-order valence-electron chi connectivity index (χ4n) is 4.16. The highest BCUT2D eigenvalue weighted by Gasteiger charge is 2.51. The second-order valence-corrected chi connectivity index (χ2v) is 7.34. The number of pyridine rings is 1. The van der Waals surface area contributed by atoms with Gasteiger partial charge in [0.05, 0.1) is 12.1 Å². The topological polar surface area (TPSA) is 71.5 Å². The van der Waals surface area contributed by atoms with Crippen molar-refractivity contribution in [2.24, 2.45) is 11.8 Å². The van der Waals surface area contributed by atoms with Crippen molar-refractivity contribution in [3.63, 3.8) is 0 Å². The van der Waals surface area contributed by atoms with Crippen LogP contribution in [0.1, 0.15) is 30.4 Å². The van der Waals surface area contributed by atoms with E-state index >= 15 is 0 Å². The Balaban J connectivity index is 1.27. The predicted molar refractivity (Wildman–Crippen MR) is 103 cm³/mol. The zero-order chi connectivity index (χ0) is 18.6. The second kappa shape index (κ2) is 7.92. The average molecular weight is 364 g/mol. The number of rotatable bonds is 6. The normalized spacial score (nSPS) is 26.4. The summed E-state index contributed by atoms with van der Waals surface area (Å²) in [5, 5.41) is 13.1. The third kappa shape index (κ3) is 4.03. The zero-order valence-electron chi connectivity index (χ0n) is 15.1. The van der Waals surface area contributed by atoms with Crippen molar-refractivity contribution in [2.75, 3.05) is 0 Å². The number of carbonyl (C=O) groups excluding carboxylic acids is 1. The van der Waals surface area contributed by atoms with Gasteiger partial charge in [-0.15, -0.1) is 0 Å². The lowest BCUT2D eigenvalue weighted by Crippen LogP contribution is -2.61. The average Bonchev–Trinajstić information content (AvgIpc) is 3.15. The Hall–Kier alpha value is -2.66. The Kier molecular flexibility index (Phi) is 5.21. The number of fused-ring (bicyclic) bond motifs is 1. The van der Waals surface area contributed by atoms with Crippen molar-refractivity contribution < 1.29 is 14.6 Å². The molecule has 4 atom stereocenters. The molecule has 1 aromatic carbocycles. The summed E-state index contributed by atoms with van der Waals surface area (Å²) in [5.41, 5.74) is 1.94. The van der Waals surface area contributed by atoms with Crippen LogP contribution in [0.25, 0.3) is 6.08 Å². The van der Waals surface area contributed by atoms with E-state index < -0.39 is 0 Å². The lowest BCUT2D eigenvalue weighted by molar-refractivity contribution is -0.123. The van der Waals surface area contributed by atoms with Gasteiger partial charge in [0.1, 0.15) is 12.4 Å². The van der Waals surface area contributed by atoms with Gasteiger partial charge >= 0.3 is 0 Å². The summed E-state index contributed by atoms with van der Waals surface area (Å²) in [5.74, 6) is 1.46. The van der Waals surface area contributed by atoms with Gasteiger partial charge in [-0.05, 0) is 54.5 Å². The summed E-state index contributed by atoms with van der Waals surface area (Å²) < 4.78 is 5.73. The second-order valence-electron chi connectivity index (χ2n) is 7.34. The molecule has 2 aliphatic rings. The van der Waals surface area contributed by atoms with Crippen LogP contribution < -0.4 is 10.1 Å². The van der Waals surface area contributed by atoms with E-state index in [0.29, 0.717) is 18.4 Å². The number of benzene rings is 1. The molecule has 1 aromatic heterocycles. The fraction of sp³-hybridized carbons (Fsp3) is 0.364. The molecule has 0 bridgehead atoms. The minimum Gasteiger partial charge on any atom is -0.489 e. The smallest absolute Gasteiger partial charge is 0.244 e. The number of aliphatic hydroxyl groups is 1. The van der Waals surface area contributed by atoms with Crippen LogP contribution in [0.4, 0.5) is 0 Å². The van der Waals surface area contributed by atoms with E-state index in [1.165, 1.54) is 6.08 Å². The summed E-state index contributed by atoms with van der Waals surface area (Å²) in [6.07, 6.45) is 9.79. The van der Waals surface area contributed by atoms with E-state index in [0.717, 1.165) is 36.1 Å². The summed E-state index contributed by atoms with van der Waals surface area (Å²) >= 11 is 0. The Morgan fingerprint density at radius 1 is 1.22 bits per heavy atom. The molecule has 5 heteroatoms. The highest BCUT2D eigenvalue weighted by atomic mass is 16.5. The zero-order valence-corrected chi connectivity index (χ0v) is 15.1. The van der Waals surface area contributed by atoms with Crippen molar-refractivity contribution in [3.05, 3.63) is 66.0 Å². The highest BCUT2D eigenvalue weighted by Crippen LogP contribution is 2.47. The van der Waals surface area contributed by atoms with E-state index in [9.17, 15) is 9.90 Å². The molecule has 140 valence electrons. The van der Waals surface area contributed by atoms with Crippen LogP contribution in [0.5, 0.6) is 5.75 Å². The monoisotopic (exact) mass is 364 g/mol. The highest BCUT2D eigenvalue weighted by molar-refractivity contribution is 5.92. The van der Waals surface area contributed by atoms with Gasteiger partial charge in [-0.1, -0.05) is 24.6 Å². The number of aromatic nitrogens is 1. The van der Waals surface area contributed by atoms with Gasteiger partial charge in [0.2, 0.25) is 5.91 Å². The van der Waals surface area contributed by atoms with Crippen LogP contribution in [-0.2, 0) is 11.4 Å². The number of hydrogen-bond acceptors (Lipinski definition) is 4. The molecule has 1 heterocycles. The summed E-state index contributed by atoms with van der Waals surface area (Å²) in [7, 11) is 0. The number of carbonyl (C=O) groups is 1. The van der Waals surface area contributed by atoms with Crippen molar-refractivity contribution in [3.8, 4) is 5.75 Å². The molecule has 27 heavy (non-hydrogen) atoms. The Morgan fingerprint density at radius 3 is 2.81 bits per heavy atom. The van der Waals surface area contributed by atoms with E-state index in [4.69, 9.17) is 4.74 Å². The van der Waals surface area contributed by atoms with Gasteiger partial charge in [0.15, 0.2) is 0 Å². The predicted octanol–water partition coefficient (Wildman–Crippen LogP) is 2.95. The van der Waals surface area contributed by atoms with Gasteiger partial charge in [-0.2, -0.15) is 0 Å². The first kappa shape index (κ1) is 17.7. The summed E-state index contributed by atoms with van der Waals surface area (Å²) in [6, 6.07) is 11.3. The first-order valence-corrected chi connectivity index (χ1v) is 9.49. The molecule has 0 spiro atoms. The molecule has 2 aromatic rings. The molecule has 0 radical (unpaired) electrons. The SMILES string of the molecule is O=C(/C=C/c1ccc(OCc2cccnc2)cc1)N[C@H]1[C@@H](O)[C@H]2CCC[C@H]21. The van der Waals surface area contributed by atoms with Crippen molar-refractivity contribution in [1.29, 1.82) is 0 Å². The van der Waals surface area contributed by atoms with Gasteiger partial charge in [-0.3, -0.25) is 9.78 Å². The van der Waals surface area contributed by atoms with Gasteiger partial charge in [0.25, 0.3) is 0 Å². The lowest BCUT2D eigenvalue weighted by Gasteiger charge is -2.46.